The number of aliphatic hydroxyl groups excluding tert-OH is 1. The molecule has 1 saturated carbocycles. The van der Waals surface area contributed by atoms with E-state index in [1.807, 2.05) is 31.2 Å². The Balaban J connectivity index is 1.65. The molecule has 100 valence electrons. The molecule has 1 aromatic carbocycles. The molecule has 18 heavy (non-hydrogen) atoms. The van der Waals surface area contributed by atoms with Crippen LogP contribution in [0, 0.1) is 5.92 Å². The molecule has 1 atom stereocenters. The van der Waals surface area contributed by atoms with Gasteiger partial charge in [-0.25, -0.2) is 0 Å². The van der Waals surface area contributed by atoms with E-state index in [1.165, 1.54) is 18.4 Å². The summed E-state index contributed by atoms with van der Waals surface area (Å²) in [4.78, 5) is 0. The van der Waals surface area contributed by atoms with Gasteiger partial charge < -0.3 is 14.6 Å². The van der Waals surface area contributed by atoms with Crippen LogP contribution in [-0.4, -0.2) is 24.6 Å². The predicted molar refractivity (Wildman–Crippen MR) is 70.6 cm³/mol. The van der Waals surface area contributed by atoms with Crippen molar-refractivity contribution >= 4 is 0 Å². The molecule has 0 aliphatic heterocycles. The third-order valence-electron chi connectivity index (χ3n) is 3.13. The normalized spacial score (nSPS) is 16.6. The summed E-state index contributed by atoms with van der Waals surface area (Å²) in [5, 5.41) is 9.22. The minimum atomic E-state index is -0.239. The molecule has 0 spiro atoms. The first kappa shape index (κ1) is 13.4. The van der Waals surface area contributed by atoms with Crippen molar-refractivity contribution in [3.8, 4) is 5.75 Å². The van der Waals surface area contributed by atoms with Crippen molar-refractivity contribution in [2.45, 2.75) is 38.7 Å². The second-order valence-corrected chi connectivity index (χ2v) is 5.11. The van der Waals surface area contributed by atoms with E-state index in [2.05, 4.69) is 0 Å². The number of hydrogen-bond donors (Lipinski definition) is 1. The highest BCUT2D eigenvalue weighted by atomic mass is 16.7. The van der Waals surface area contributed by atoms with Gasteiger partial charge in [-0.1, -0.05) is 12.1 Å². The Hall–Kier alpha value is -1.06. The number of aryl methyl sites for hydroxylation is 1. The molecule has 1 N–H and O–H groups in total. The SMILES string of the molecule is CC(O)CCc1ccc(OCOCC2CC2)cc1. The van der Waals surface area contributed by atoms with Gasteiger partial charge >= 0.3 is 0 Å². The molecule has 0 bridgehead atoms. The number of hydrogen-bond acceptors (Lipinski definition) is 3. The molecule has 1 aromatic rings. The average molecular weight is 250 g/mol. The lowest BCUT2D eigenvalue weighted by atomic mass is 10.1. The van der Waals surface area contributed by atoms with Crippen molar-refractivity contribution in [3.63, 3.8) is 0 Å². The van der Waals surface area contributed by atoms with E-state index in [-0.39, 0.29) is 6.10 Å². The molecule has 0 saturated heterocycles. The fourth-order valence-corrected chi connectivity index (χ4v) is 1.74. The summed E-state index contributed by atoms with van der Waals surface area (Å²) < 4.78 is 10.9. The monoisotopic (exact) mass is 250 g/mol. The summed E-state index contributed by atoms with van der Waals surface area (Å²) in [6.07, 6.45) is 4.06. The fourth-order valence-electron chi connectivity index (χ4n) is 1.74. The number of rotatable bonds is 8. The number of ether oxygens (including phenoxy) is 2. The van der Waals surface area contributed by atoms with Crippen LogP contribution in [-0.2, 0) is 11.2 Å². The van der Waals surface area contributed by atoms with E-state index in [4.69, 9.17) is 9.47 Å². The first-order valence-corrected chi connectivity index (χ1v) is 6.71. The van der Waals surface area contributed by atoms with Crippen LogP contribution in [0.1, 0.15) is 31.7 Å². The van der Waals surface area contributed by atoms with Crippen LogP contribution >= 0.6 is 0 Å². The highest BCUT2D eigenvalue weighted by molar-refractivity contribution is 5.27. The molecule has 1 fully saturated rings. The molecule has 0 radical (unpaired) electrons. The highest BCUT2D eigenvalue weighted by Gasteiger charge is 2.20. The quantitative estimate of drug-likeness (QED) is 0.569. The van der Waals surface area contributed by atoms with Crippen molar-refractivity contribution in [3.05, 3.63) is 29.8 Å². The minimum absolute atomic E-state index is 0.239. The van der Waals surface area contributed by atoms with Crippen LogP contribution in [0.3, 0.4) is 0 Å². The van der Waals surface area contributed by atoms with Gasteiger partial charge in [-0.2, -0.15) is 0 Å². The maximum atomic E-state index is 9.22. The summed E-state index contributed by atoms with van der Waals surface area (Å²) in [6, 6.07) is 7.99. The lowest BCUT2D eigenvalue weighted by molar-refractivity contribution is 0.00997. The molecular formula is C15H22O3. The maximum Gasteiger partial charge on any atom is 0.189 e. The molecule has 0 aromatic heterocycles. The Morgan fingerprint density at radius 2 is 2.00 bits per heavy atom. The largest absolute Gasteiger partial charge is 0.468 e. The Morgan fingerprint density at radius 3 is 2.61 bits per heavy atom. The third kappa shape index (κ3) is 5.07. The summed E-state index contributed by atoms with van der Waals surface area (Å²) in [5.74, 6) is 1.61. The molecule has 1 unspecified atom stereocenters. The Kier molecular flexibility index (Phi) is 5.02. The molecular weight excluding hydrogens is 228 g/mol. The van der Waals surface area contributed by atoms with E-state index >= 15 is 0 Å². The van der Waals surface area contributed by atoms with E-state index in [1.54, 1.807) is 0 Å². The molecule has 2 rings (SSSR count). The number of aliphatic hydroxyl groups is 1. The Bertz CT molecular complexity index is 341. The minimum Gasteiger partial charge on any atom is -0.468 e. The van der Waals surface area contributed by atoms with Crippen molar-refractivity contribution in [2.24, 2.45) is 5.92 Å². The standard InChI is InChI=1S/C15H22O3/c1-12(16)2-3-13-6-8-15(9-7-13)18-11-17-10-14-4-5-14/h6-9,12,14,16H,2-5,10-11H2,1H3. The summed E-state index contributed by atoms with van der Waals surface area (Å²) in [6.45, 7) is 2.98. The van der Waals surface area contributed by atoms with Gasteiger partial charge in [0.05, 0.1) is 12.7 Å². The van der Waals surface area contributed by atoms with Crippen LogP contribution in [0.15, 0.2) is 24.3 Å². The fraction of sp³-hybridized carbons (Fsp3) is 0.600. The van der Waals surface area contributed by atoms with Crippen LogP contribution < -0.4 is 4.74 Å². The van der Waals surface area contributed by atoms with Gasteiger partial charge in [0, 0.05) is 0 Å². The zero-order valence-electron chi connectivity index (χ0n) is 11.0. The molecule has 3 heteroatoms. The topological polar surface area (TPSA) is 38.7 Å². The average Bonchev–Trinajstić information content (AvgIpc) is 3.17. The van der Waals surface area contributed by atoms with E-state index in [0.717, 1.165) is 31.1 Å². The van der Waals surface area contributed by atoms with Crippen LogP contribution in [0.5, 0.6) is 5.75 Å². The first-order chi connectivity index (χ1) is 8.74. The zero-order valence-corrected chi connectivity index (χ0v) is 11.0. The van der Waals surface area contributed by atoms with E-state index in [9.17, 15) is 5.11 Å². The lowest BCUT2D eigenvalue weighted by Crippen LogP contribution is -2.05. The lowest BCUT2D eigenvalue weighted by Gasteiger charge is -2.08. The van der Waals surface area contributed by atoms with E-state index < -0.39 is 0 Å². The Morgan fingerprint density at radius 1 is 1.28 bits per heavy atom. The van der Waals surface area contributed by atoms with Crippen LogP contribution in [0.25, 0.3) is 0 Å². The van der Waals surface area contributed by atoms with Crippen LogP contribution in [0.2, 0.25) is 0 Å². The van der Waals surface area contributed by atoms with Crippen molar-refractivity contribution in [2.75, 3.05) is 13.4 Å². The van der Waals surface area contributed by atoms with Gasteiger partial charge in [0.25, 0.3) is 0 Å². The Labute approximate surface area is 109 Å². The summed E-state index contributed by atoms with van der Waals surface area (Å²) in [7, 11) is 0. The first-order valence-electron chi connectivity index (χ1n) is 6.71. The van der Waals surface area contributed by atoms with Gasteiger partial charge in [0.1, 0.15) is 5.75 Å². The van der Waals surface area contributed by atoms with Crippen molar-refractivity contribution in [1.82, 2.24) is 0 Å². The molecule has 3 nitrogen and oxygen atoms in total. The highest BCUT2D eigenvalue weighted by Crippen LogP contribution is 2.28. The van der Waals surface area contributed by atoms with Gasteiger partial charge in [-0.05, 0) is 56.2 Å². The molecule has 1 aliphatic rings. The van der Waals surface area contributed by atoms with Gasteiger partial charge in [0.2, 0.25) is 0 Å². The molecule has 1 aliphatic carbocycles. The smallest absolute Gasteiger partial charge is 0.189 e. The van der Waals surface area contributed by atoms with Crippen LogP contribution in [0.4, 0.5) is 0 Å². The van der Waals surface area contributed by atoms with Gasteiger partial charge in [0.15, 0.2) is 6.79 Å². The van der Waals surface area contributed by atoms with Gasteiger partial charge in [-0.15, -0.1) is 0 Å². The summed E-state index contributed by atoms with van der Waals surface area (Å²) >= 11 is 0. The zero-order chi connectivity index (χ0) is 12.8. The number of benzene rings is 1. The maximum absolute atomic E-state index is 9.22. The second-order valence-electron chi connectivity index (χ2n) is 5.11. The summed E-state index contributed by atoms with van der Waals surface area (Å²) in [5.41, 5.74) is 1.22. The molecule has 0 heterocycles. The third-order valence-corrected chi connectivity index (χ3v) is 3.13. The van der Waals surface area contributed by atoms with Crippen molar-refractivity contribution < 1.29 is 14.6 Å². The predicted octanol–water partition coefficient (Wildman–Crippen LogP) is 2.76. The molecule has 0 amide bonds. The van der Waals surface area contributed by atoms with E-state index in [0.29, 0.717) is 6.79 Å². The second kappa shape index (κ2) is 6.76. The van der Waals surface area contributed by atoms with Gasteiger partial charge in [-0.3, -0.25) is 0 Å². The van der Waals surface area contributed by atoms with Crippen molar-refractivity contribution in [1.29, 1.82) is 0 Å².